The van der Waals surface area contributed by atoms with Crippen LogP contribution >= 0.6 is 11.6 Å². The van der Waals surface area contributed by atoms with Crippen molar-refractivity contribution in [1.29, 1.82) is 0 Å². The van der Waals surface area contributed by atoms with E-state index in [-0.39, 0.29) is 17.6 Å². The number of anilines is 1. The van der Waals surface area contributed by atoms with Crippen molar-refractivity contribution in [2.24, 2.45) is 13.0 Å². The van der Waals surface area contributed by atoms with Gasteiger partial charge in [-0.1, -0.05) is 18.5 Å². The number of nitrogens with one attached hydrogen (secondary N) is 1. The number of amides is 2. The van der Waals surface area contributed by atoms with Crippen LogP contribution in [0.15, 0.2) is 37.2 Å². The molecule has 2 amide bonds. The highest BCUT2D eigenvalue weighted by atomic mass is 35.5. The molecular formula is C20H23ClN8O. The molecule has 6 rings (SSSR count). The summed E-state index contributed by atoms with van der Waals surface area (Å²) in [6.07, 6.45) is 8.05. The second-order valence-corrected chi connectivity index (χ2v) is 8.91. The van der Waals surface area contributed by atoms with Gasteiger partial charge >= 0.3 is 6.03 Å². The molecule has 0 radical (unpaired) electrons. The quantitative estimate of drug-likeness (QED) is 0.691. The molecule has 2 bridgehead atoms. The SMILES string of the molecule is C[C@H]1CC2CC(Cn3cnnc3)(C1)N2C(=O)Nc1ccc(Cl)c(-c2ncn(C)n2)c1. The van der Waals surface area contributed by atoms with Gasteiger partial charge in [-0.05, 0) is 43.4 Å². The fraction of sp³-hybridized carbons (Fsp3) is 0.450. The number of piperidine rings is 1. The molecule has 10 heteroatoms. The van der Waals surface area contributed by atoms with Gasteiger partial charge in [-0.3, -0.25) is 4.68 Å². The lowest BCUT2D eigenvalue weighted by atomic mass is 9.64. The predicted molar refractivity (Wildman–Crippen MR) is 112 cm³/mol. The summed E-state index contributed by atoms with van der Waals surface area (Å²) in [5.74, 6) is 1.11. The average molecular weight is 427 g/mol. The van der Waals surface area contributed by atoms with E-state index in [0.29, 0.717) is 34.6 Å². The third kappa shape index (κ3) is 3.23. The average Bonchev–Trinajstić information content (AvgIpc) is 3.34. The number of aromatic nitrogens is 6. The Kier molecular flexibility index (Phi) is 4.50. The van der Waals surface area contributed by atoms with E-state index in [2.05, 4.69) is 32.5 Å². The lowest BCUT2D eigenvalue weighted by molar-refractivity contribution is -0.0988. The number of halogens is 1. The van der Waals surface area contributed by atoms with E-state index in [1.807, 2.05) is 15.5 Å². The molecular weight excluding hydrogens is 404 g/mol. The molecule has 2 aliphatic heterocycles. The molecule has 2 saturated heterocycles. The van der Waals surface area contributed by atoms with Crippen LogP contribution in [0.5, 0.6) is 0 Å². The second-order valence-electron chi connectivity index (χ2n) is 8.50. The first-order chi connectivity index (χ1) is 14.4. The van der Waals surface area contributed by atoms with Gasteiger partial charge in [0.15, 0.2) is 5.82 Å². The molecule has 3 aromatic rings. The lowest BCUT2D eigenvalue weighted by Gasteiger charge is -2.63. The molecule has 3 atom stereocenters. The molecule has 1 aromatic carbocycles. The van der Waals surface area contributed by atoms with E-state index in [1.54, 1.807) is 42.8 Å². The fourth-order valence-corrected chi connectivity index (χ4v) is 5.32. The summed E-state index contributed by atoms with van der Waals surface area (Å²) in [4.78, 5) is 19.6. The number of carbonyl (C=O) groups is 1. The number of fused-ring (bicyclic) bond motifs is 2. The van der Waals surface area contributed by atoms with Crippen molar-refractivity contribution in [2.75, 3.05) is 5.32 Å². The van der Waals surface area contributed by atoms with E-state index in [4.69, 9.17) is 11.6 Å². The molecule has 3 aliphatic rings. The van der Waals surface area contributed by atoms with Crippen LogP contribution in [0.4, 0.5) is 10.5 Å². The molecule has 2 unspecified atom stereocenters. The highest BCUT2D eigenvalue weighted by Gasteiger charge is 2.58. The molecule has 1 saturated carbocycles. The smallest absolute Gasteiger partial charge is 0.318 e. The zero-order valence-electron chi connectivity index (χ0n) is 16.9. The van der Waals surface area contributed by atoms with Crippen LogP contribution in [0.1, 0.15) is 26.2 Å². The van der Waals surface area contributed by atoms with Gasteiger partial charge in [0, 0.05) is 30.9 Å². The number of carbonyl (C=O) groups excluding carboxylic acids is 1. The van der Waals surface area contributed by atoms with Gasteiger partial charge in [-0.2, -0.15) is 5.10 Å². The Hall–Kier alpha value is -2.94. The minimum Gasteiger partial charge on any atom is -0.318 e. The minimum atomic E-state index is -0.202. The van der Waals surface area contributed by atoms with Crippen molar-refractivity contribution in [3.05, 3.63) is 42.2 Å². The van der Waals surface area contributed by atoms with E-state index in [0.717, 1.165) is 19.3 Å². The Bertz CT molecular complexity index is 1080. The molecule has 1 N–H and O–H groups in total. The van der Waals surface area contributed by atoms with E-state index in [9.17, 15) is 4.79 Å². The molecule has 9 nitrogen and oxygen atoms in total. The Morgan fingerprint density at radius 2 is 2.07 bits per heavy atom. The van der Waals surface area contributed by atoms with Crippen LogP contribution in [0.25, 0.3) is 11.4 Å². The largest absolute Gasteiger partial charge is 0.322 e. The fourth-order valence-electron chi connectivity index (χ4n) is 5.12. The van der Waals surface area contributed by atoms with Crippen LogP contribution in [0.2, 0.25) is 5.02 Å². The monoisotopic (exact) mass is 426 g/mol. The topological polar surface area (TPSA) is 93.8 Å². The third-order valence-corrected chi connectivity index (χ3v) is 6.44. The highest BCUT2D eigenvalue weighted by molar-refractivity contribution is 6.33. The van der Waals surface area contributed by atoms with Crippen molar-refractivity contribution in [2.45, 2.75) is 44.3 Å². The summed E-state index contributed by atoms with van der Waals surface area (Å²) >= 11 is 6.35. The van der Waals surface area contributed by atoms with Crippen LogP contribution in [-0.4, -0.2) is 52.0 Å². The molecule has 0 spiro atoms. The summed E-state index contributed by atoms with van der Waals surface area (Å²) in [6, 6.07) is 5.55. The zero-order chi connectivity index (χ0) is 20.9. The summed E-state index contributed by atoms with van der Waals surface area (Å²) in [5.41, 5.74) is 1.16. The van der Waals surface area contributed by atoms with Crippen molar-refractivity contribution in [3.63, 3.8) is 0 Å². The van der Waals surface area contributed by atoms with E-state index >= 15 is 0 Å². The first kappa shape index (κ1) is 19.0. The van der Waals surface area contributed by atoms with Crippen molar-refractivity contribution in [1.82, 2.24) is 34.4 Å². The summed E-state index contributed by atoms with van der Waals surface area (Å²) in [7, 11) is 1.80. The molecule has 156 valence electrons. The first-order valence-corrected chi connectivity index (χ1v) is 10.4. The molecule has 30 heavy (non-hydrogen) atoms. The summed E-state index contributed by atoms with van der Waals surface area (Å²) in [5, 5.41) is 15.7. The van der Waals surface area contributed by atoms with E-state index < -0.39 is 0 Å². The number of nitrogens with zero attached hydrogens (tertiary/aromatic N) is 7. The summed E-state index contributed by atoms with van der Waals surface area (Å²) < 4.78 is 3.58. The number of rotatable bonds is 4. The standard InChI is InChI=1S/C20H23ClN8O/c1-13-5-15-8-20(7-13,9-28-11-23-24-12-28)29(15)19(30)25-14-3-4-17(21)16(6-14)18-22-10-27(2)26-18/h3-4,6,10-13,15H,5,7-9H2,1-2H3,(H,25,30)/t13-,15?,20?/m0/s1. The van der Waals surface area contributed by atoms with Crippen molar-refractivity contribution >= 4 is 23.3 Å². The third-order valence-electron chi connectivity index (χ3n) is 6.12. The highest BCUT2D eigenvalue weighted by Crippen LogP contribution is 2.50. The van der Waals surface area contributed by atoms with E-state index in [1.165, 1.54) is 0 Å². The second kappa shape index (κ2) is 7.09. The zero-order valence-corrected chi connectivity index (χ0v) is 17.6. The van der Waals surface area contributed by atoms with Crippen LogP contribution in [0.3, 0.4) is 0 Å². The van der Waals surface area contributed by atoms with Gasteiger partial charge in [-0.15, -0.1) is 10.2 Å². The number of hydrogen-bond donors (Lipinski definition) is 1. The maximum Gasteiger partial charge on any atom is 0.322 e. The Morgan fingerprint density at radius 3 is 2.80 bits per heavy atom. The maximum atomic E-state index is 13.3. The molecule has 4 heterocycles. The maximum absolute atomic E-state index is 13.3. The first-order valence-electron chi connectivity index (χ1n) is 10.0. The van der Waals surface area contributed by atoms with Crippen LogP contribution in [0, 0.1) is 5.92 Å². The van der Waals surface area contributed by atoms with Gasteiger partial charge in [0.2, 0.25) is 0 Å². The van der Waals surface area contributed by atoms with Gasteiger partial charge in [-0.25, -0.2) is 9.78 Å². The van der Waals surface area contributed by atoms with Crippen LogP contribution < -0.4 is 5.32 Å². The van der Waals surface area contributed by atoms with Crippen molar-refractivity contribution in [3.8, 4) is 11.4 Å². The normalized spacial score (nSPS) is 25.1. The van der Waals surface area contributed by atoms with Gasteiger partial charge in [0.1, 0.15) is 19.0 Å². The van der Waals surface area contributed by atoms with Gasteiger partial charge in [0.05, 0.1) is 10.6 Å². The number of hydrogen-bond acceptors (Lipinski definition) is 5. The number of benzene rings is 1. The molecule has 1 aliphatic carbocycles. The molecule has 3 fully saturated rings. The Balaban J connectivity index is 1.38. The van der Waals surface area contributed by atoms with Crippen LogP contribution in [-0.2, 0) is 13.6 Å². The minimum absolute atomic E-state index is 0.0894. The molecule has 2 aromatic heterocycles. The number of aryl methyl sites for hydroxylation is 1. The lowest BCUT2D eigenvalue weighted by Crippen LogP contribution is -2.73. The predicted octanol–water partition coefficient (Wildman–Crippen LogP) is 3.20. The Morgan fingerprint density at radius 1 is 1.27 bits per heavy atom. The summed E-state index contributed by atoms with van der Waals surface area (Å²) in [6.45, 7) is 2.96. The number of urea groups is 1. The van der Waals surface area contributed by atoms with Gasteiger partial charge < -0.3 is 14.8 Å². The Labute approximate surface area is 179 Å². The van der Waals surface area contributed by atoms with Crippen molar-refractivity contribution < 1.29 is 4.79 Å². The van der Waals surface area contributed by atoms with Gasteiger partial charge in [0.25, 0.3) is 0 Å².